The Morgan fingerprint density at radius 1 is 1.25 bits per heavy atom. The summed E-state index contributed by atoms with van der Waals surface area (Å²) < 4.78 is 16.1. The van der Waals surface area contributed by atoms with Crippen LogP contribution in [0.4, 0.5) is 4.79 Å². The Morgan fingerprint density at radius 2 is 1.67 bits per heavy atom. The third kappa shape index (κ3) is 2.19. The molecule has 0 spiro atoms. The predicted molar refractivity (Wildman–Crippen MR) is 45.8 cm³/mol. The summed E-state index contributed by atoms with van der Waals surface area (Å²) in [6, 6.07) is 0. The second-order valence-corrected chi connectivity index (χ2v) is 5.62. The number of rotatable bonds is 3. The number of methoxy groups -OCH3 is 1. The molecule has 0 fully saturated rings. The summed E-state index contributed by atoms with van der Waals surface area (Å²) in [5.74, 6) is 0. The number of nitrogens with zero attached hydrogens (tertiary/aromatic N) is 1. The van der Waals surface area contributed by atoms with Gasteiger partial charge >= 0.3 is 14.8 Å². The molecular weight excluding hydrogens is 178 g/mol. The maximum Gasteiger partial charge on any atom is 0.460 e. The predicted octanol–water partition coefficient (Wildman–Crippen LogP) is 0.546. The smallest absolute Gasteiger partial charge is 0.453 e. The Labute approximate surface area is 73.5 Å². The van der Waals surface area contributed by atoms with Gasteiger partial charge in [0.25, 0.3) is 0 Å². The summed E-state index contributed by atoms with van der Waals surface area (Å²) in [6.07, 6.45) is -0.451. The van der Waals surface area contributed by atoms with E-state index in [1.165, 1.54) is 25.9 Å². The zero-order valence-corrected chi connectivity index (χ0v) is 9.08. The number of carbonyl (C=O) groups excluding carboxylic acids is 1. The largest absolute Gasteiger partial charge is 0.460 e. The van der Waals surface area contributed by atoms with E-state index < -0.39 is 14.8 Å². The van der Waals surface area contributed by atoms with Gasteiger partial charge in [0, 0.05) is 21.3 Å². The van der Waals surface area contributed by atoms with Crippen LogP contribution in [-0.4, -0.2) is 47.8 Å². The molecule has 0 heterocycles. The second kappa shape index (κ2) is 4.44. The first kappa shape index (κ1) is 11.4. The van der Waals surface area contributed by atoms with Crippen LogP contribution in [0.3, 0.4) is 0 Å². The van der Waals surface area contributed by atoms with Crippen molar-refractivity contribution < 1.29 is 18.4 Å². The van der Waals surface area contributed by atoms with E-state index in [2.05, 4.69) is 4.74 Å². The molecule has 1 amide bonds. The molecule has 0 aliphatic heterocycles. The van der Waals surface area contributed by atoms with Gasteiger partial charge in [-0.15, -0.1) is 0 Å². The molecule has 0 radical (unpaired) electrons. The molecule has 0 N–H and O–H groups in total. The van der Waals surface area contributed by atoms with Crippen molar-refractivity contribution >= 4 is 14.8 Å². The van der Waals surface area contributed by atoms with E-state index in [1.54, 1.807) is 13.6 Å². The van der Waals surface area contributed by atoms with Gasteiger partial charge < -0.3 is 13.6 Å². The minimum Gasteiger partial charge on any atom is -0.453 e. The average Bonchev–Trinajstić information content (AvgIpc) is 2.14. The van der Waals surface area contributed by atoms with Crippen molar-refractivity contribution in [2.75, 3.05) is 28.4 Å². The molecular formula is C6H15NO4Si. The minimum absolute atomic E-state index is 0.451. The Hall–Kier alpha value is -0.593. The lowest BCUT2D eigenvalue weighted by Crippen LogP contribution is -2.55. The van der Waals surface area contributed by atoms with Crippen LogP contribution in [0.1, 0.15) is 0 Å². The first-order valence-corrected chi connectivity index (χ1v) is 5.70. The first-order valence-electron chi connectivity index (χ1n) is 3.44. The summed E-state index contributed by atoms with van der Waals surface area (Å²) in [7, 11) is 3.40. The van der Waals surface area contributed by atoms with Gasteiger partial charge in [-0.3, -0.25) is 4.57 Å². The SMILES string of the molecule is COC(=O)N(C)[Si](C)(OC)OC. The quantitative estimate of drug-likeness (QED) is 0.614. The van der Waals surface area contributed by atoms with Gasteiger partial charge in [0.1, 0.15) is 0 Å². The van der Waals surface area contributed by atoms with Gasteiger partial charge in [-0.2, -0.15) is 0 Å². The van der Waals surface area contributed by atoms with Crippen LogP contribution in [0.2, 0.25) is 6.55 Å². The van der Waals surface area contributed by atoms with Crippen LogP contribution < -0.4 is 0 Å². The Morgan fingerprint density at radius 3 is 1.92 bits per heavy atom. The topological polar surface area (TPSA) is 48.0 Å². The van der Waals surface area contributed by atoms with Crippen LogP contribution in [0.5, 0.6) is 0 Å². The molecule has 0 aromatic carbocycles. The molecule has 0 aromatic rings. The molecule has 0 rings (SSSR count). The van der Waals surface area contributed by atoms with Crippen molar-refractivity contribution in [2.24, 2.45) is 0 Å². The van der Waals surface area contributed by atoms with Crippen LogP contribution in [0.25, 0.3) is 0 Å². The fraction of sp³-hybridized carbons (Fsp3) is 0.833. The second-order valence-electron chi connectivity index (χ2n) is 2.34. The van der Waals surface area contributed by atoms with Crippen molar-refractivity contribution in [1.29, 1.82) is 0 Å². The highest BCUT2D eigenvalue weighted by Crippen LogP contribution is 2.09. The van der Waals surface area contributed by atoms with Crippen molar-refractivity contribution in [3.63, 3.8) is 0 Å². The van der Waals surface area contributed by atoms with Gasteiger partial charge in [0.05, 0.1) is 7.11 Å². The number of ether oxygens (including phenoxy) is 1. The molecule has 0 bridgehead atoms. The third-order valence-corrected chi connectivity index (χ3v) is 4.73. The highest BCUT2D eigenvalue weighted by Gasteiger charge is 2.39. The Bertz CT molecular complexity index is 160. The van der Waals surface area contributed by atoms with Gasteiger partial charge in [-0.05, 0) is 6.55 Å². The van der Waals surface area contributed by atoms with E-state index in [4.69, 9.17) is 8.85 Å². The standard InChI is InChI=1S/C6H15NO4Si/c1-7(6(8)9-2)12(5,10-3)11-4/h1-5H3. The Balaban J connectivity index is 4.40. The van der Waals surface area contributed by atoms with Crippen molar-refractivity contribution in [3.8, 4) is 0 Å². The fourth-order valence-corrected chi connectivity index (χ4v) is 1.80. The number of amides is 1. The van der Waals surface area contributed by atoms with Crippen molar-refractivity contribution in [2.45, 2.75) is 6.55 Å². The minimum atomic E-state index is -2.53. The Kier molecular flexibility index (Phi) is 4.22. The number of hydrogen-bond donors (Lipinski definition) is 0. The number of carbonyl (C=O) groups is 1. The van der Waals surface area contributed by atoms with Crippen LogP contribution >= 0.6 is 0 Å². The van der Waals surface area contributed by atoms with E-state index >= 15 is 0 Å². The molecule has 0 atom stereocenters. The monoisotopic (exact) mass is 193 g/mol. The van der Waals surface area contributed by atoms with Gasteiger partial charge in [-0.25, -0.2) is 4.79 Å². The highest BCUT2D eigenvalue weighted by molar-refractivity contribution is 6.65. The van der Waals surface area contributed by atoms with E-state index in [1.807, 2.05) is 0 Å². The fourth-order valence-electron chi connectivity index (χ4n) is 0.660. The van der Waals surface area contributed by atoms with E-state index in [0.29, 0.717) is 0 Å². The lowest BCUT2D eigenvalue weighted by atomic mass is 11.1. The molecule has 0 saturated heterocycles. The van der Waals surface area contributed by atoms with Crippen molar-refractivity contribution in [1.82, 2.24) is 4.57 Å². The summed E-state index contributed by atoms with van der Waals surface area (Å²) in [6.45, 7) is 1.75. The molecule has 0 aliphatic rings. The summed E-state index contributed by atoms with van der Waals surface area (Å²) in [4.78, 5) is 11.1. The van der Waals surface area contributed by atoms with Crippen LogP contribution in [0, 0.1) is 0 Å². The first-order chi connectivity index (χ1) is 5.51. The van der Waals surface area contributed by atoms with E-state index in [-0.39, 0.29) is 0 Å². The zero-order valence-electron chi connectivity index (χ0n) is 8.08. The van der Waals surface area contributed by atoms with E-state index in [9.17, 15) is 4.79 Å². The van der Waals surface area contributed by atoms with Gasteiger partial charge in [-0.1, -0.05) is 0 Å². The summed E-state index contributed by atoms with van der Waals surface area (Å²) in [5, 5.41) is 0. The number of hydrogen-bond acceptors (Lipinski definition) is 4. The molecule has 0 aromatic heterocycles. The van der Waals surface area contributed by atoms with E-state index in [0.717, 1.165) is 0 Å². The van der Waals surface area contributed by atoms with Crippen LogP contribution in [-0.2, 0) is 13.6 Å². The molecule has 0 aliphatic carbocycles. The lowest BCUT2D eigenvalue weighted by Gasteiger charge is -2.30. The maximum absolute atomic E-state index is 11.1. The molecule has 0 unspecified atom stereocenters. The summed E-state index contributed by atoms with van der Waals surface area (Å²) in [5.41, 5.74) is 0. The molecule has 72 valence electrons. The van der Waals surface area contributed by atoms with Gasteiger partial charge in [0.15, 0.2) is 0 Å². The highest BCUT2D eigenvalue weighted by atomic mass is 28.4. The molecule has 6 heteroatoms. The maximum atomic E-state index is 11.1. The van der Waals surface area contributed by atoms with Crippen molar-refractivity contribution in [3.05, 3.63) is 0 Å². The van der Waals surface area contributed by atoms with Crippen LogP contribution in [0.15, 0.2) is 0 Å². The normalized spacial score (nSPS) is 11.1. The molecule has 5 nitrogen and oxygen atoms in total. The average molecular weight is 193 g/mol. The lowest BCUT2D eigenvalue weighted by molar-refractivity contribution is 0.125. The zero-order chi connectivity index (χ0) is 9.78. The summed E-state index contributed by atoms with van der Waals surface area (Å²) >= 11 is 0. The van der Waals surface area contributed by atoms with Gasteiger partial charge in [0.2, 0.25) is 0 Å². The molecule has 0 saturated carbocycles. The third-order valence-electron chi connectivity index (χ3n) is 1.82. The molecule has 12 heavy (non-hydrogen) atoms.